The summed E-state index contributed by atoms with van der Waals surface area (Å²) in [6, 6.07) is 0.389. The van der Waals surface area contributed by atoms with Crippen LogP contribution in [0.3, 0.4) is 0 Å². The normalized spacial score (nSPS) is 12.9. The molecule has 3 nitrogen and oxygen atoms in total. The maximum absolute atomic E-state index is 4.29. The number of rotatable bonds is 8. The summed E-state index contributed by atoms with van der Waals surface area (Å²) in [5, 5.41) is 14.4. The Bertz CT molecular complexity index is 289. The van der Waals surface area contributed by atoms with Crippen LogP contribution in [0.4, 0.5) is 0 Å². The van der Waals surface area contributed by atoms with Crippen molar-refractivity contribution >= 4 is 23.1 Å². The fourth-order valence-electron chi connectivity index (χ4n) is 1.42. The smallest absolute Gasteiger partial charge is 0.134 e. The molecule has 92 valence electrons. The standard InChI is InChI=1S/C11H21N3S2/c1-4-7-12-9(5-2)11-14-13-10(16-11)6-8-15-3/h9,12H,4-8H2,1-3H3. The van der Waals surface area contributed by atoms with Crippen LogP contribution in [0, 0.1) is 0 Å². The van der Waals surface area contributed by atoms with Crippen LogP contribution in [0.25, 0.3) is 0 Å². The van der Waals surface area contributed by atoms with E-state index >= 15 is 0 Å². The van der Waals surface area contributed by atoms with E-state index in [1.165, 1.54) is 5.01 Å². The second-order valence-electron chi connectivity index (χ2n) is 3.69. The van der Waals surface area contributed by atoms with Crippen molar-refractivity contribution in [2.45, 2.75) is 39.2 Å². The third kappa shape index (κ3) is 4.39. The van der Waals surface area contributed by atoms with Crippen molar-refractivity contribution in [3.8, 4) is 0 Å². The van der Waals surface area contributed by atoms with Crippen LogP contribution in [-0.4, -0.2) is 28.8 Å². The van der Waals surface area contributed by atoms with Gasteiger partial charge >= 0.3 is 0 Å². The van der Waals surface area contributed by atoms with E-state index in [-0.39, 0.29) is 0 Å². The Morgan fingerprint density at radius 3 is 2.81 bits per heavy atom. The molecule has 0 aromatic carbocycles. The third-order valence-electron chi connectivity index (χ3n) is 2.35. The van der Waals surface area contributed by atoms with Gasteiger partial charge in [-0.3, -0.25) is 0 Å². The number of aryl methyl sites for hydroxylation is 1. The van der Waals surface area contributed by atoms with E-state index < -0.39 is 0 Å². The predicted molar refractivity (Wildman–Crippen MR) is 73.3 cm³/mol. The van der Waals surface area contributed by atoms with Crippen LogP contribution in [-0.2, 0) is 6.42 Å². The fraction of sp³-hybridized carbons (Fsp3) is 0.818. The molecule has 0 aliphatic heterocycles. The first kappa shape index (κ1) is 13.9. The molecule has 1 unspecified atom stereocenters. The zero-order valence-corrected chi connectivity index (χ0v) is 12.0. The average molecular weight is 259 g/mol. The summed E-state index contributed by atoms with van der Waals surface area (Å²) < 4.78 is 0. The van der Waals surface area contributed by atoms with E-state index in [1.807, 2.05) is 11.8 Å². The minimum atomic E-state index is 0.389. The zero-order chi connectivity index (χ0) is 11.8. The SMILES string of the molecule is CCCNC(CC)c1nnc(CCSC)s1. The van der Waals surface area contributed by atoms with Crippen LogP contribution < -0.4 is 5.32 Å². The Kier molecular flexibility index (Phi) is 7.00. The van der Waals surface area contributed by atoms with Crippen LogP contribution in [0.5, 0.6) is 0 Å². The molecule has 0 fully saturated rings. The van der Waals surface area contributed by atoms with Crippen LogP contribution in [0.1, 0.15) is 42.7 Å². The molecule has 1 N–H and O–H groups in total. The van der Waals surface area contributed by atoms with Gasteiger partial charge in [0.15, 0.2) is 0 Å². The van der Waals surface area contributed by atoms with Crippen molar-refractivity contribution < 1.29 is 0 Å². The number of nitrogens with zero attached hydrogens (tertiary/aromatic N) is 2. The quantitative estimate of drug-likeness (QED) is 0.779. The first-order chi connectivity index (χ1) is 7.81. The molecule has 1 rings (SSSR count). The summed E-state index contributed by atoms with van der Waals surface area (Å²) in [7, 11) is 0. The monoisotopic (exact) mass is 259 g/mol. The van der Waals surface area contributed by atoms with E-state index in [9.17, 15) is 0 Å². The minimum absolute atomic E-state index is 0.389. The first-order valence-corrected chi connectivity index (χ1v) is 8.07. The summed E-state index contributed by atoms with van der Waals surface area (Å²) in [5.41, 5.74) is 0. The van der Waals surface area contributed by atoms with Crippen molar-refractivity contribution in [1.29, 1.82) is 0 Å². The predicted octanol–water partition coefficient (Wildman–Crippen LogP) is 2.89. The third-order valence-corrected chi connectivity index (χ3v) is 4.06. The van der Waals surface area contributed by atoms with Gasteiger partial charge in [0.2, 0.25) is 0 Å². The van der Waals surface area contributed by atoms with Gasteiger partial charge in [-0.2, -0.15) is 11.8 Å². The number of hydrogen-bond donors (Lipinski definition) is 1. The molecule has 0 saturated heterocycles. The lowest BCUT2D eigenvalue weighted by molar-refractivity contribution is 0.513. The van der Waals surface area contributed by atoms with Crippen molar-refractivity contribution in [3.05, 3.63) is 10.0 Å². The molecule has 0 radical (unpaired) electrons. The summed E-state index contributed by atoms with van der Waals surface area (Å²) in [6.07, 6.45) is 5.41. The van der Waals surface area contributed by atoms with E-state index in [4.69, 9.17) is 0 Å². The Balaban J connectivity index is 2.52. The highest BCUT2D eigenvalue weighted by molar-refractivity contribution is 7.98. The molecule has 5 heteroatoms. The number of hydrogen-bond acceptors (Lipinski definition) is 5. The van der Waals surface area contributed by atoms with E-state index in [1.54, 1.807) is 11.3 Å². The van der Waals surface area contributed by atoms with Crippen molar-refractivity contribution in [2.24, 2.45) is 0 Å². The fourth-order valence-corrected chi connectivity index (χ4v) is 2.95. The summed E-state index contributed by atoms with van der Waals surface area (Å²) in [4.78, 5) is 0. The molecule has 16 heavy (non-hydrogen) atoms. The molecular formula is C11H21N3S2. The van der Waals surface area contributed by atoms with Gasteiger partial charge in [-0.15, -0.1) is 10.2 Å². The largest absolute Gasteiger partial charge is 0.308 e. The van der Waals surface area contributed by atoms with Gasteiger partial charge in [0.25, 0.3) is 0 Å². The first-order valence-electron chi connectivity index (χ1n) is 5.86. The van der Waals surface area contributed by atoms with Gasteiger partial charge in [-0.05, 0) is 31.4 Å². The van der Waals surface area contributed by atoms with Crippen LogP contribution in [0.15, 0.2) is 0 Å². The number of aromatic nitrogens is 2. The van der Waals surface area contributed by atoms with E-state index in [0.29, 0.717) is 6.04 Å². The Morgan fingerprint density at radius 2 is 2.19 bits per heavy atom. The van der Waals surface area contributed by atoms with E-state index in [2.05, 4.69) is 35.6 Å². The van der Waals surface area contributed by atoms with Gasteiger partial charge < -0.3 is 5.32 Å². The highest BCUT2D eigenvalue weighted by Gasteiger charge is 2.13. The lowest BCUT2D eigenvalue weighted by Gasteiger charge is -2.12. The highest BCUT2D eigenvalue weighted by atomic mass is 32.2. The molecule has 0 aliphatic rings. The molecule has 1 atom stereocenters. The number of thioether (sulfide) groups is 1. The Hall–Kier alpha value is -0.130. The van der Waals surface area contributed by atoms with Gasteiger partial charge in [0.05, 0.1) is 6.04 Å². The molecule has 0 spiro atoms. The topological polar surface area (TPSA) is 37.8 Å². The van der Waals surface area contributed by atoms with Gasteiger partial charge in [-0.25, -0.2) is 0 Å². The lowest BCUT2D eigenvalue weighted by Crippen LogP contribution is -2.21. The van der Waals surface area contributed by atoms with Crippen molar-refractivity contribution in [1.82, 2.24) is 15.5 Å². The lowest BCUT2D eigenvalue weighted by atomic mass is 10.2. The van der Waals surface area contributed by atoms with Crippen LogP contribution >= 0.6 is 23.1 Å². The molecule has 1 aromatic rings. The Labute approximate surface area is 106 Å². The average Bonchev–Trinajstić information content (AvgIpc) is 2.76. The van der Waals surface area contributed by atoms with Crippen molar-refractivity contribution in [2.75, 3.05) is 18.6 Å². The van der Waals surface area contributed by atoms with Crippen molar-refractivity contribution in [3.63, 3.8) is 0 Å². The zero-order valence-electron chi connectivity index (χ0n) is 10.3. The highest BCUT2D eigenvalue weighted by Crippen LogP contribution is 2.21. The molecule has 1 heterocycles. The summed E-state index contributed by atoms with van der Waals surface area (Å²) in [6.45, 7) is 5.43. The second kappa shape index (κ2) is 8.03. The van der Waals surface area contributed by atoms with Gasteiger partial charge in [-0.1, -0.05) is 25.2 Å². The van der Waals surface area contributed by atoms with Gasteiger partial charge in [0.1, 0.15) is 10.0 Å². The molecule has 1 aromatic heterocycles. The maximum atomic E-state index is 4.29. The molecule has 0 amide bonds. The molecule has 0 bridgehead atoms. The maximum Gasteiger partial charge on any atom is 0.134 e. The second-order valence-corrected chi connectivity index (χ2v) is 5.77. The summed E-state index contributed by atoms with van der Waals surface area (Å²) >= 11 is 3.61. The Morgan fingerprint density at radius 1 is 1.38 bits per heavy atom. The van der Waals surface area contributed by atoms with Crippen LogP contribution in [0.2, 0.25) is 0 Å². The molecule has 0 saturated carbocycles. The van der Waals surface area contributed by atoms with E-state index in [0.717, 1.165) is 36.6 Å². The molecular weight excluding hydrogens is 238 g/mol. The summed E-state index contributed by atoms with van der Waals surface area (Å²) in [5.74, 6) is 1.13. The molecule has 0 aliphatic carbocycles. The number of nitrogens with one attached hydrogen (secondary N) is 1. The minimum Gasteiger partial charge on any atom is -0.308 e. The van der Waals surface area contributed by atoms with Gasteiger partial charge in [0, 0.05) is 6.42 Å².